The van der Waals surface area contributed by atoms with Crippen LogP contribution in [0.25, 0.3) is 21.8 Å². The minimum Gasteiger partial charge on any atom is -0.368 e. The number of pyridine rings is 1. The minimum absolute atomic E-state index is 0.0183. The maximum Gasteiger partial charge on any atom is 0.272 e. The molecule has 3 heterocycles. The van der Waals surface area contributed by atoms with E-state index < -0.39 is 0 Å². The van der Waals surface area contributed by atoms with Gasteiger partial charge in [0.05, 0.1) is 11.0 Å². The molecule has 0 atom stereocenters. The van der Waals surface area contributed by atoms with E-state index >= 15 is 0 Å². The Labute approximate surface area is 163 Å². The first-order valence-electron chi connectivity index (χ1n) is 9.67. The van der Waals surface area contributed by atoms with Crippen LogP contribution < -0.4 is 4.90 Å². The van der Waals surface area contributed by atoms with E-state index in [0.717, 1.165) is 40.6 Å². The summed E-state index contributed by atoms with van der Waals surface area (Å²) in [6, 6.07) is 20.5. The van der Waals surface area contributed by atoms with Crippen LogP contribution in [0.4, 0.5) is 5.69 Å². The van der Waals surface area contributed by atoms with E-state index in [0.29, 0.717) is 18.8 Å². The lowest BCUT2D eigenvalue weighted by Crippen LogP contribution is -2.48. The number of fused-ring (bicyclic) bond motifs is 3. The van der Waals surface area contributed by atoms with Crippen LogP contribution in [0, 0.1) is 6.92 Å². The lowest BCUT2D eigenvalue weighted by atomic mass is 10.1. The maximum absolute atomic E-state index is 13.1. The Kier molecular flexibility index (Phi) is 4.01. The number of aromatic amines is 1. The second-order valence-electron chi connectivity index (χ2n) is 7.37. The molecule has 28 heavy (non-hydrogen) atoms. The van der Waals surface area contributed by atoms with Crippen LogP contribution in [0.1, 0.15) is 16.2 Å². The van der Waals surface area contributed by atoms with Gasteiger partial charge in [0.25, 0.3) is 5.91 Å². The van der Waals surface area contributed by atoms with Gasteiger partial charge in [-0.25, -0.2) is 4.98 Å². The molecule has 2 aromatic heterocycles. The topological polar surface area (TPSA) is 52.2 Å². The Morgan fingerprint density at radius 3 is 2.43 bits per heavy atom. The molecular formula is C23H22N4O. The van der Waals surface area contributed by atoms with Crippen LogP contribution in [0.5, 0.6) is 0 Å². The summed E-state index contributed by atoms with van der Waals surface area (Å²) in [5.41, 5.74) is 4.68. The van der Waals surface area contributed by atoms with Gasteiger partial charge in [0, 0.05) is 48.3 Å². The van der Waals surface area contributed by atoms with Crippen LogP contribution in [0.15, 0.2) is 60.7 Å². The van der Waals surface area contributed by atoms with Gasteiger partial charge in [0.1, 0.15) is 5.69 Å². The number of carbonyl (C=O) groups is 1. The number of rotatable bonds is 2. The summed E-state index contributed by atoms with van der Waals surface area (Å²) < 4.78 is 0. The Balaban J connectivity index is 1.39. The molecule has 1 fully saturated rings. The third-order valence-corrected chi connectivity index (χ3v) is 5.51. The van der Waals surface area contributed by atoms with E-state index in [-0.39, 0.29) is 5.91 Å². The fraction of sp³-hybridized carbons (Fsp3) is 0.217. The summed E-state index contributed by atoms with van der Waals surface area (Å²) in [5, 5.41) is 2.10. The molecule has 0 saturated carbocycles. The quantitative estimate of drug-likeness (QED) is 0.581. The van der Waals surface area contributed by atoms with Crippen molar-refractivity contribution in [1.29, 1.82) is 0 Å². The molecule has 1 aliphatic heterocycles. The normalized spacial score (nSPS) is 14.8. The molecule has 0 aliphatic carbocycles. The summed E-state index contributed by atoms with van der Waals surface area (Å²) in [6.45, 7) is 5.13. The zero-order valence-corrected chi connectivity index (χ0v) is 15.9. The summed E-state index contributed by atoms with van der Waals surface area (Å²) in [4.78, 5) is 25.4. The van der Waals surface area contributed by atoms with Crippen molar-refractivity contribution in [2.24, 2.45) is 0 Å². The predicted molar refractivity (Wildman–Crippen MR) is 113 cm³/mol. The number of carbonyl (C=O) groups excluding carboxylic acids is 1. The molecular weight excluding hydrogens is 348 g/mol. The van der Waals surface area contributed by atoms with E-state index in [1.165, 1.54) is 5.69 Å². The molecule has 0 spiro atoms. The number of para-hydroxylation sites is 1. The SMILES string of the molecule is Cc1ccc2ccc3cc(C(=O)N4CCN(c5ccccc5)CC4)nc3c2[nH]1. The second kappa shape index (κ2) is 6.68. The van der Waals surface area contributed by atoms with Gasteiger partial charge in [-0.15, -0.1) is 0 Å². The summed E-state index contributed by atoms with van der Waals surface area (Å²) in [7, 11) is 0. The van der Waals surface area contributed by atoms with Gasteiger partial charge < -0.3 is 14.8 Å². The number of benzene rings is 2. The zero-order valence-electron chi connectivity index (χ0n) is 15.9. The summed E-state index contributed by atoms with van der Waals surface area (Å²) >= 11 is 0. The molecule has 0 unspecified atom stereocenters. The van der Waals surface area contributed by atoms with Gasteiger partial charge in [-0.1, -0.05) is 36.4 Å². The zero-order chi connectivity index (χ0) is 19.1. The molecule has 5 rings (SSSR count). The van der Waals surface area contributed by atoms with Crippen LogP contribution in [0.2, 0.25) is 0 Å². The van der Waals surface area contributed by atoms with Crippen molar-refractivity contribution in [3.05, 3.63) is 72.1 Å². The Bertz CT molecular complexity index is 1160. The van der Waals surface area contributed by atoms with Crippen molar-refractivity contribution < 1.29 is 4.79 Å². The van der Waals surface area contributed by atoms with E-state index in [4.69, 9.17) is 4.98 Å². The highest BCUT2D eigenvalue weighted by molar-refractivity contribution is 6.07. The standard InChI is InChI=1S/C23H22N4O/c1-16-7-8-17-9-10-18-15-20(25-22(18)21(17)24-16)23(28)27-13-11-26(12-14-27)19-5-3-2-4-6-19/h2-10,15,24H,11-14H2,1H3. The highest BCUT2D eigenvalue weighted by atomic mass is 16.2. The van der Waals surface area contributed by atoms with Gasteiger partial charge in [-0.3, -0.25) is 4.79 Å². The van der Waals surface area contributed by atoms with E-state index in [9.17, 15) is 4.79 Å². The number of H-pyrrole nitrogens is 1. The number of nitrogens with zero attached hydrogens (tertiary/aromatic N) is 3. The van der Waals surface area contributed by atoms with E-state index in [2.05, 4.69) is 52.3 Å². The third-order valence-electron chi connectivity index (χ3n) is 5.51. The number of anilines is 1. The van der Waals surface area contributed by atoms with Crippen molar-refractivity contribution in [3.8, 4) is 0 Å². The smallest absolute Gasteiger partial charge is 0.272 e. The highest BCUT2D eigenvalue weighted by Crippen LogP contribution is 2.25. The predicted octanol–water partition coefficient (Wildman–Crippen LogP) is 3.99. The minimum atomic E-state index is 0.0183. The molecule has 140 valence electrons. The Morgan fingerprint density at radius 1 is 0.929 bits per heavy atom. The number of piperazine rings is 1. The van der Waals surface area contributed by atoms with Crippen molar-refractivity contribution >= 4 is 33.4 Å². The van der Waals surface area contributed by atoms with Crippen molar-refractivity contribution in [1.82, 2.24) is 14.9 Å². The second-order valence-corrected chi connectivity index (χ2v) is 7.37. The van der Waals surface area contributed by atoms with Crippen molar-refractivity contribution in [3.63, 3.8) is 0 Å². The Hall–Kier alpha value is -3.34. The van der Waals surface area contributed by atoms with Gasteiger partial charge in [0.15, 0.2) is 0 Å². The number of aromatic nitrogens is 2. The molecule has 1 aliphatic rings. The molecule has 4 aromatic rings. The first-order valence-corrected chi connectivity index (χ1v) is 9.67. The first-order chi connectivity index (χ1) is 13.7. The lowest BCUT2D eigenvalue weighted by Gasteiger charge is -2.35. The maximum atomic E-state index is 13.1. The number of hydrogen-bond acceptors (Lipinski definition) is 3. The lowest BCUT2D eigenvalue weighted by molar-refractivity contribution is 0.0742. The third kappa shape index (κ3) is 2.89. The first kappa shape index (κ1) is 16.8. The van der Waals surface area contributed by atoms with Crippen LogP contribution in [-0.2, 0) is 0 Å². The van der Waals surface area contributed by atoms with Gasteiger partial charge in [-0.2, -0.15) is 0 Å². The molecule has 1 N–H and O–H groups in total. The summed E-state index contributed by atoms with van der Waals surface area (Å²) in [5.74, 6) is 0.0183. The summed E-state index contributed by atoms with van der Waals surface area (Å²) in [6.07, 6.45) is 0. The van der Waals surface area contributed by atoms with Crippen molar-refractivity contribution in [2.75, 3.05) is 31.1 Å². The number of hydrogen-bond donors (Lipinski definition) is 1. The van der Waals surface area contributed by atoms with Crippen LogP contribution in [0.3, 0.4) is 0 Å². The average Bonchev–Trinajstić information content (AvgIpc) is 3.19. The fourth-order valence-corrected chi connectivity index (χ4v) is 3.96. The monoisotopic (exact) mass is 370 g/mol. The average molecular weight is 370 g/mol. The van der Waals surface area contributed by atoms with Gasteiger partial charge in [-0.05, 0) is 31.2 Å². The molecule has 0 radical (unpaired) electrons. The van der Waals surface area contributed by atoms with Gasteiger partial charge in [0.2, 0.25) is 0 Å². The van der Waals surface area contributed by atoms with E-state index in [1.54, 1.807) is 0 Å². The van der Waals surface area contributed by atoms with Crippen LogP contribution >= 0.6 is 0 Å². The molecule has 0 bridgehead atoms. The molecule has 5 nitrogen and oxygen atoms in total. The van der Waals surface area contributed by atoms with Crippen LogP contribution in [-0.4, -0.2) is 47.0 Å². The number of amides is 1. The highest BCUT2D eigenvalue weighted by Gasteiger charge is 2.24. The van der Waals surface area contributed by atoms with Crippen molar-refractivity contribution in [2.45, 2.75) is 6.92 Å². The number of aryl methyl sites for hydroxylation is 1. The molecule has 1 saturated heterocycles. The molecule has 1 amide bonds. The fourth-order valence-electron chi connectivity index (χ4n) is 3.96. The number of nitrogens with one attached hydrogen (secondary N) is 1. The van der Waals surface area contributed by atoms with Gasteiger partial charge >= 0.3 is 0 Å². The Morgan fingerprint density at radius 2 is 1.64 bits per heavy atom. The molecule has 2 aromatic carbocycles. The molecule has 5 heteroatoms. The van der Waals surface area contributed by atoms with E-state index in [1.807, 2.05) is 30.0 Å². The largest absolute Gasteiger partial charge is 0.368 e.